The molecule has 0 radical (unpaired) electrons. The first-order valence-electron chi connectivity index (χ1n) is 46.0. The first kappa shape index (κ1) is 92.2. The van der Waals surface area contributed by atoms with Crippen LogP contribution in [0.2, 0.25) is 15.1 Å². The van der Waals surface area contributed by atoms with Crippen LogP contribution in [0.4, 0.5) is 35.9 Å². The van der Waals surface area contributed by atoms with Gasteiger partial charge in [-0.05, 0) is 186 Å². The number of rotatable bonds is 12. The molecule has 3 fully saturated rings. The van der Waals surface area contributed by atoms with Gasteiger partial charge in [0.25, 0.3) is 16.7 Å². The highest BCUT2D eigenvalue weighted by Crippen LogP contribution is 2.53. The fourth-order valence-electron chi connectivity index (χ4n) is 21.6. The number of aromatic nitrogens is 12. The molecule has 0 saturated carbocycles. The molecule has 26 nitrogen and oxygen atoms in total. The second kappa shape index (κ2) is 35.3. The lowest BCUT2D eigenvalue weighted by atomic mass is 9.94. The second-order valence-electron chi connectivity index (χ2n) is 37.6. The van der Waals surface area contributed by atoms with Crippen molar-refractivity contribution >= 4 is 141 Å². The third kappa shape index (κ3) is 14.8. The van der Waals surface area contributed by atoms with E-state index in [-0.39, 0.29) is 138 Å². The highest BCUT2D eigenvalue weighted by atomic mass is 35.5. The van der Waals surface area contributed by atoms with E-state index in [1.54, 1.807) is 69.0 Å². The largest absolute Gasteiger partial charge is 0.484 e. The molecule has 15 aromatic rings. The van der Waals surface area contributed by atoms with Crippen LogP contribution in [0.1, 0.15) is 136 Å². The number of hydrogen-bond donors (Lipinski definition) is 4. The van der Waals surface area contributed by atoms with Crippen molar-refractivity contribution in [3.8, 4) is 56.2 Å². The number of imidazole rings is 3. The van der Waals surface area contributed by atoms with Gasteiger partial charge in [-0.1, -0.05) is 114 Å². The minimum atomic E-state index is -0.644. The lowest BCUT2D eigenvalue weighted by Gasteiger charge is -2.49. The van der Waals surface area contributed by atoms with Crippen LogP contribution in [-0.4, -0.2) is 180 Å². The average molecular weight is 1910 g/mol. The van der Waals surface area contributed by atoms with Crippen LogP contribution >= 0.6 is 34.8 Å². The Hall–Kier alpha value is -13.9. The van der Waals surface area contributed by atoms with Crippen LogP contribution < -0.4 is 41.4 Å². The second-order valence-corrected chi connectivity index (χ2v) is 38.8. The van der Waals surface area contributed by atoms with Crippen molar-refractivity contribution < 1.29 is 32.3 Å². The first-order chi connectivity index (χ1) is 65.6. The summed E-state index contributed by atoms with van der Waals surface area (Å²) in [5.74, 6) is -2.21. The molecule has 702 valence electrons. The summed E-state index contributed by atoms with van der Waals surface area (Å²) < 4.78 is 62.9. The van der Waals surface area contributed by atoms with Crippen molar-refractivity contribution in [2.45, 2.75) is 164 Å². The molecule has 137 heavy (non-hydrogen) atoms. The van der Waals surface area contributed by atoms with Gasteiger partial charge in [-0.25, -0.2) is 28.1 Å². The maximum atomic E-state index is 17.7. The number of anilines is 4. The van der Waals surface area contributed by atoms with Crippen LogP contribution in [0.25, 0.3) is 116 Å². The minimum Gasteiger partial charge on any atom is -0.484 e. The van der Waals surface area contributed by atoms with Gasteiger partial charge in [0.1, 0.15) is 18.1 Å². The summed E-state index contributed by atoms with van der Waals surface area (Å²) in [5.41, 5.74) is 17.1. The number of ether oxygens (including phenoxy) is 1. The molecule has 0 aliphatic carbocycles. The number of nitrogens with one attached hydrogen (secondary N) is 4. The molecule has 0 spiro atoms. The van der Waals surface area contributed by atoms with E-state index in [1.165, 1.54) is 33.4 Å². The SMILES string of the molecule is C=CC(=O)N1CC2CNc3c(c4cc(Cl)c(-c5c(C)ccc6[nH]cnc56)c(F)c4n(-c4c(C)ccnc4C(C)C)c3=O)N2CC1C.C=CC(=O)N1CC2COc3c(c4cc(Cl)c(-c5c(C)ccc6[nH]cnc56)c(F)c4n(-c4c(C)ccnc4C(C)C)c3=O)N2CC1C.C=CC(=O)N1CC2Cc3c(c4cc(F)c(-c5c(C)ccc6[nH]cnc56)c(Cl)c4n(-c4c(C)ccnc4C(C)C)c3=O)N2CC1C. The molecule has 6 aliphatic rings. The van der Waals surface area contributed by atoms with E-state index in [1.807, 2.05) is 158 Å². The van der Waals surface area contributed by atoms with E-state index in [4.69, 9.17) is 44.5 Å². The summed E-state index contributed by atoms with van der Waals surface area (Å²) >= 11 is 21.5. The van der Waals surface area contributed by atoms with E-state index in [2.05, 4.69) is 79.6 Å². The fraction of sp³-hybridized carbons (Fsp3) is 0.314. The summed E-state index contributed by atoms with van der Waals surface area (Å²) in [7, 11) is 0. The number of aryl methyl sites for hydroxylation is 6. The number of pyridine rings is 6. The van der Waals surface area contributed by atoms with Crippen LogP contribution in [0, 0.1) is 59.0 Å². The Balaban J connectivity index is 0.000000132. The number of halogens is 6. The predicted molar refractivity (Wildman–Crippen MR) is 538 cm³/mol. The fourth-order valence-corrected chi connectivity index (χ4v) is 22.5. The number of H-pyrrole nitrogens is 3. The van der Waals surface area contributed by atoms with Crippen molar-refractivity contribution in [2.24, 2.45) is 0 Å². The Labute approximate surface area is 802 Å². The third-order valence-electron chi connectivity index (χ3n) is 28.1. The number of hydrogen-bond acceptors (Lipinski definition) is 17. The molecule has 15 heterocycles. The predicted octanol–water partition coefficient (Wildman–Crippen LogP) is 19.5. The van der Waals surface area contributed by atoms with Gasteiger partial charge < -0.3 is 54.4 Å². The monoisotopic (exact) mass is 1900 g/mol. The van der Waals surface area contributed by atoms with Gasteiger partial charge in [-0.2, -0.15) is 0 Å². The highest BCUT2D eigenvalue weighted by molar-refractivity contribution is 6.39. The molecule has 3 saturated heterocycles. The van der Waals surface area contributed by atoms with Gasteiger partial charge in [-0.3, -0.25) is 57.4 Å². The molecule has 6 aliphatic heterocycles. The molecule has 3 amide bonds. The number of aromatic amines is 3. The van der Waals surface area contributed by atoms with Crippen molar-refractivity contribution in [1.29, 1.82) is 0 Å². The summed E-state index contributed by atoms with van der Waals surface area (Å²) in [6.07, 6.45) is 14.3. The van der Waals surface area contributed by atoms with Gasteiger partial charge in [0.2, 0.25) is 23.5 Å². The number of fused-ring (bicyclic) bond motifs is 18. The molecule has 21 rings (SSSR count). The molecule has 4 N–H and O–H groups in total. The maximum absolute atomic E-state index is 17.7. The van der Waals surface area contributed by atoms with Gasteiger partial charge in [-0.15, -0.1) is 0 Å². The van der Waals surface area contributed by atoms with Crippen LogP contribution in [0.5, 0.6) is 5.75 Å². The van der Waals surface area contributed by atoms with Crippen LogP contribution in [0.15, 0.2) is 163 Å². The maximum Gasteiger partial charge on any atom is 0.300 e. The normalized spacial score (nSPS) is 17.8. The number of nitrogens with zero attached hydrogens (tertiary/aromatic N) is 15. The lowest BCUT2D eigenvalue weighted by molar-refractivity contribution is -0.129. The number of benzene rings is 6. The summed E-state index contributed by atoms with van der Waals surface area (Å²) in [5, 5.41) is 5.38. The highest BCUT2D eigenvalue weighted by Gasteiger charge is 2.47. The topological polar surface area (TPSA) is 283 Å². The van der Waals surface area contributed by atoms with Crippen LogP contribution in [-0.2, 0) is 20.8 Å². The molecule has 6 aromatic carbocycles. The summed E-state index contributed by atoms with van der Waals surface area (Å²) in [6.45, 7) is 43.6. The Bertz CT molecular complexity index is 7580. The molecule has 32 heteroatoms. The van der Waals surface area contributed by atoms with Gasteiger partial charge in [0, 0.05) is 144 Å². The van der Waals surface area contributed by atoms with E-state index < -0.39 is 23.0 Å². The zero-order valence-electron chi connectivity index (χ0n) is 78.6. The first-order valence-corrected chi connectivity index (χ1v) is 47.2. The zero-order chi connectivity index (χ0) is 97.1. The molecule has 6 atom stereocenters. The molecule has 0 bridgehead atoms. The number of amides is 3. The van der Waals surface area contributed by atoms with E-state index >= 15 is 13.2 Å². The molecule has 9 aromatic heterocycles. The molecular weight excluding hydrogens is 1800 g/mol. The Kier molecular flexibility index (Phi) is 23.8. The standard InChI is InChI=1S/C35H35ClFN7O2.C35H34ClFN6O3.C35H34ClFN6O2/c1-7-25(45)42-15-21-13-39-31-34(43(21)14-20(42)6)22-12-23(36)27(26-18(4)8-9-24-30(26)41-16-40-24)28(37)33(22)44(35(31)46)32-19(5)10-11-38-29(32)17(2)3;1-7-25(44)41-14-21-15-46-34-33(42(21)13-20(41)6)22-12-23(36)27(26-18(4)8-9-24-30(26)40-16-39-24)28(37)32(22)43(35(34)45)31-19(5)10-11-38-29(31)17(2)3;1-7-26(44)41-15-21-12-23-33(42(21)14-20(41)6)22-13-24(37)28(27-18(4)8-9-25-31(27)40-16-39-25)29(36)34(22)43(35(23)45)32-19(5)10-11-38-30(32)17(2)3/h7-12,16-17,20-21,39H,1,13-15H2,2-6H3,(H,40,41);7-12,16-17,20-21H,1,13-15H2,2-6H3,(H,39,40);7-11,13,16-17,20-21H,1,12,14-15H2,2-6H3,(H,39,40). The van der Waals surface area contributed by atoms with Gasteiger partial charge in [0.15, 0.2) is 11.6 Å². The van der Waals surface area contributed by atoms with E-state index in [9.17, 15) is 28.8 Å². The lowest BCUT2D eigenvalue weighted by Crippen LogP contribution is -2.62. The van der Waals surface area contributed by atoms with Gasteiger partial charge in [0.05, 0.1) is 153 Å². The third-order valence-corrected chi connectivity index (χ3v) is 29.0. The summed E-state index contributed by atoms with van der Waals surface area (Å²) in [4.78, 5) is 131. The Morgan fingerprint density at radius 1 is 0.438 bits per heavy atom. The quantitative estimate of drug-likeness (QED) is 0.0827. The Morgan fingerprint density at radius 3 is 1.25 bits per heavy atom. The number of carbonyl (C=O) groups is 3. The molecular formula is C105H103Cl3F3N19O7. The average Bonchev–Trinajstić information content (AvgIpc) is 1.32. The van der Waals surface area contributed by atoms with E-state index in [0.29, 0.717) is 164 Å². The smallest absolute Gasteiger partial charge is 0.300 e. The number of carbonyl (C=O) groups excluding carboxylic acids is 3. The van der Waals surface area contributed by atoms with Crippen molar-refractivity contribution in [3.05, 3.63) is 268 Å². The molecule has 6 unspecified atom stereocenters. The van der Waals surface area contributed by atoms with Crippen molar-refractivity contribution in [3.63, 3.8) is 0 Å². The number of piperazine rings is 3. The Morgan fingerprint density at radius 2 is 0.818 bits per heavy atom. The van der Waals surface area contributed by atoms with Crippen LogP contribution in [0.3, 0.4) is 0 Å². The van der Waals surface area contributed by atoms with E-state index in [0.717, 1.165) is 55.6 Å². The van der Waals surface area contributed by atoms with Gasteiger partial charge >= 0.3 is 0 Å². The summed E-state index contributed by atoms with van der Waals surface area (Å²) in [6, 6.07) is 20.9. The zero-order valence-corrected chi connectivity index (χ0v) is 80.9. The minimum absolute atomic E-state index is 0.000462. The van der Waals surface area contributed by atoms with Crippen molar-refractivity contribution in [2.75, 3.05) is 72.4 Å². The van der Waals surface area contributed by atoms with Crippen molar-refractivity contribution in [1.82, 2.24) is 73.3 Å².